The molecule has 2 atom stereocenters. The van der Waals surface area contributed by atoms with E-state index in [1.807, 2.05) is 0 Å². The van der Waals surface area contributed by atoms with Crippen LogP contribution in [0.25, 0.3) is 0 Å². The first kappa shape index (κ1) is 15.1. The van der Waals surface area contributed by atoms with Crippen molar-refractivity contribution in [2.75, 3.05) is 26.8 Å². The maximum Gasteiger partial charge on any atom is 0.237 e. The SMILES string of the molecule is CO[C@@H]1CN[C@@H](C(=O)NCCOc2ccc(Cl)cc2)C1. The number of halogens is 1. The summed E-state index contributed by atoms with van der Waals surface area (Å²) < 4.78 is 10.7. The van der Waals surface area contributed by atoms with Gasteiger partial charge in [-0.15, -0.1) is 0 Å². The summed E-state index contributed by atoms with van der Waals surface area (Å²) >= 11 is 5.78. The van der Waals surface area contributed by atoms with Gasteiger partial charge in [-0.2, -0.15) is 0 Å². The molecule has 1 fully saturated rings. The third-order valence-corrected chi connectivity index (χ3v) is 3.48. The lowest BCUT2D eigenvalue weighted by molar-refractivity contribution is -0.123. The Morgan fingerprint density at radius 2 is 2.20 bits per heavy atom. The number of amides is 1. The molecule has 2 N–H and O–H groups in total. The molecule has 20 heavy (non-hydrogen) atoms. The van der Waals surface area contributed by atoms with Crippen LogP contribution in [0, 0.1) is 0 Å². The van der Waals surface area contributed by atoms with E-state index in [1.54, 1.807) is 31.4 Å². The monoisotopic (exact) mass is 298 g/mol. The molecule has 0 radical (unpaired) electrons. The largest absolute Gasteiger partial charge is 0.492 e. The Kier molecular flexibility index (Phi) is 5.64. The number of carbonyl (C=O) groups excluding carboxylic acids is 1. The summed E-state index contributed by atoms with van der Waals surface area (Å²) in [6.07, 6.45) is 0.830. The molecule has 1 aromatic carbocycles. The molecule has 1 aromatic rings. The van der Waals surface area contributed by atoms with Crippen molar-refractivity contribution in [3.63, 3.8) is 0 Å². The highest BCUT2D eigenvalue weighted by Gasteiger charge is 2.28. The highest BCUT2D eigenvalue weighted by molar-refractivity contribution is 6.30. The number of ether oxygens (including phenoxy) is 2. The minimum absolute atomic E-state index is 0.00995. The highest BCUT2D eigenvalue weighted by atomic mass is 35.5. The number of hydrogen-bond acceptors (Lipinski definition) is 4. The first-order valence-electron chi connectivity index (χ1n) is 6.61. The Morgan fingerprint density at radius 1 is 1.45 bits per heavy atom. The number of rotatable bonds is 6. The van der Waals surface area contributed by atoms with Gasteiger partial charge in [0.1, 0.15) is 12.4 Å². The number of nitrogens with one attached hydrogen (secondary N) is 2. The fourth-order valence-corrected chi connectivity index (χ4v) is 2.21. The second kappa shape index (κ2) is 7.47. The van der Waals surface area contributed by atoms with Crippen LogP contribution in [0.3, 0.4) is 0 Å². The lowest BCUT2D eigenvalue weighted by atomic mass is 10.2. The van der Waals surface area contributed by atoms with Gasteiger partial charge in [-0.1, -0.05) is 11.6 Å². The van der Waals surface area contributed by atoms with Crippen molar-refractivity contribution in [3.05, 3.63) is 29.3 Å². The van der Waals surface area contributed by atoms with E-state index in [4.69, 9.17) is 21.1 Å². The molecule has 1 amide bonds. The average Bonchev–Trinajstić information content (AvgIpc) is 2.94. The fourth-order valence-electron chi connectivity index (χ4n) is 2.08. The Labute approximate surface area is 123 Å². The van der Waals surface area contributed by atoms with Crippen LogP contribution in [-0.4, -0.2) is 44.9 Å². The Bertz CT molecular complexity index is 439. The van der Waals surface area contributed by atoms with Gasteiger partial charge >= 0.3 is 0 Å². The van der Waals surface area contributed by atoms with E-state index in [2.05, 4.69) is 10.6 Å². The molecule has 1 aliphatic rings. The maximum atomic E-state index is 11.9. The first-order chi connectivity index (χ1) is 9.69. The van der Waals surface area contributed by atoms with E-state index in [-0.39, 0.29) is 18.1 Å². The summed E-state index contributed by atoms with van der Waals surface area (Å²) in [5.74, 6) is 0.728. The van der Waals surface area contributed by atoms with Crippen molar-refractivity contribution >= 4 is 17.5 Å². The number of methoxy groups -OCH3 is 1. The van der Waals surface area contributed by atoms with Crippen LogP contribution in [0.4, 0.5) is 0 Å². The zero-order chi connectivity index (χ0) is 14.4. The normalized spacial score (nSPS) is 21.7. The molecule has 1 heterocycles. The number of carbonyl (C=O) groups is 1. The van der Waals surface area contributed by atoms with Gasteiger partial charge in [0.25, 0.3) is 0 Å². The van der Waals surface area contributed by atoms with Crippen molar-refractivity contribution in [2.45, 2.75) is 18.6 Å². The summed E-state index contributed by atoms with van der Waals surface area (Å²) in [6.45, 7) is 1.61. The number of hydrogen-bond donors (Lipinski definition) is 2. The third kappa shape index (κ3) is 4.37. The fraction of sp³-hybridized carbons (Fsp3) is 0.500. The van der Waals surface area contributed by atoms with E-state index < -0.39 is 0 Å². The van der Waals surface area contributed by atoms with E-state index in [1.165, 1.54) is 0 Å². The molecule has 0 saturated carbocycles. The summed E-state index contributed by atoms with van der Waals surface area (Å²) in [7, 11) is 1.66. The standard InChI is InChI=1S/C14H19ClN2O3/c1-19-12-8-13(17-9-12)14(18)16-6-7-20-11-4-2-10(15)3-5-11/h2-5,12-13,17H,6-9H2,1H3,(H,16,18)/t12-,13+/m0/s1. The Balaban J connectivity index is 1.63. The lowest BCUT2D eigenvalue weighted by Crippen LogP contribution is -2.41. The van der Waals surface area contributed by atoms with Crippen LogP contribution in [-0.2, 0) is 9.53 Å². The predicted octanol–water partition coefficient (Wildman–Crippen LogP) is 1.21. The van der Waals surface area contributed by atoms with Gasteiger partial charge in [0.15, 0.2) is 0 Å². The third-order valence-electron chi connectivity index (χ3n) is 3.22. The van der Waals surface area contributed by atoms with Crippen LogP contribution in [0.5, 0.6) is 5.75 Å². The second-order valence-electron chi connectivity index (χ2n) is 4.65. The lowest BCUT2D eigenvalue weighted by Gasteiger charge is -2.12. The molecule has 1 aliphatic heterocycles. The van der Waals surface area contributed by atoms with Crippen molar-refractivity contribution in [3.8, 4) is 5.75 Å². The van der Waals surface area contributed by atoms with Gasteiger partial charge in [0.05, 0.1) is 18.7 Å². The first-order valence-corrected chi connectivity index (χ1v) is 6.99. The second-order valence-corrected chi connectivity index (χ2v) is 5.08. The minimum Gasteiger partial charge on any atom is -0.492 e. The van der Waals surface area contributed by atoms with E-state index in [9.17, 15) is 4.79 Å². The van der Waals surface area contributed by atoms with Gasteiger partial charge in [0, 0.05) is 18.7 Å². The molecule has 0 aromatic heterocycles. The van der Waals surface area contributed by atoms with E-state index in [0.717, 1.165) is 12.3 Å². The quantitative estimate of drug-likeness (QED) is 0.775. The molecule has 0 unspecified atom stereocenters. The topological polar surface area (TPSA) is 59.6 Å². The van der Waals surface area contributed by atoms with Crippen molar-refractivity contribution < 1.29 is 14.3 Å². The average molecular weight is 299 g/mol. The Morgan fingerprint density at radius 3 is 2.85 bits per heavy atom. The van der Waals surface area contributed by atoms with E-state index >= 15 is 0 Å². The molecule has 1 saturated heterocycles. The van der Waals surface area contributed by atoms with Crippen LogP contribution < -0.4 is 15.4 Å². The summed E-state index contributed by atoms with van der Waals surface area (Å²) in [5, 5.41) is 6.64. The predicted molar refractivity (Wildman–Crippen MR) is 77.2 cm³/mol. The molecule has 110 valence electrons. The molecular formula is C14H19ClN2O3. The van der Waals surface area contributed by atoms with Gasteiger partial charge in [0.2, 0.25) is 5.91 Å². The van der Waals surface area contributed by atoms with Crippen LogP contribution in [0.2, 0.25) is 5.02 Å². The van der Waals surface area contributed by atoms with Gasteiger partial charge in [-0.25, -0.2) is 0 Å². The van der Waals surface area contributed by atoms with Gasteiger partial charge in [-0.3, -0.25) is 4.79 Å². The molecular weight excluding hydrogens is 280 g/mol. The summed E-state index contributed by atoms with van der Waals surface area (Å²) in [4.78, 5) is 11.9. The van der Waals surface area contributed by atoms with Crippen molar-refractivity contribution in [1.82, 2.24) is 10.6 Å². The van der Waals surface area contributed by atoms with Crippen LogP contribution in [0.1, 0.15) is 6.42 Å². The van der Waals surface area contributed by atoms with Gasteiger partial charge in [-0.05, 0) is 30.7 Å². The Hall–Kier alpha value is -1.30. The summed E-state index contributed by atoms with van der Waals surface area (Å²) in [5.41, 5.74) is 0. The molecule has 2 rings (SSSR count). The minimum atomic E-state index is -0.171. The summed E-state index contributed by atoms with van der Waals surface area (Å²) in [6, 6.07) is 6.96. The number of benzene rings is 1. The molecule has 5 nitrogen and oxygen atoms in total. The maximum absolute atomic E-state index is 11.9. The molecule has 0 spiro atoms. The zero-order valence-corrected chi connectivity index (χ0v) is 12.2. The van der Waals surface area contributed by atoms with Crippen LogP contribution >= 0.6 is 11.6 Å². The van der Waals surface area contributed by atoms with Gasteiger partial charge < -0.3 is 20.1 Å². The van der Waals surface area contributed by atoms with Crippen LogP contribution in [0.15, 0.2) is 24.3 Å². The highest BCUT2D eigenvalue weighted by Crippen LogP contribution is 2.15. The van der Waals surface area contributed by atoms with E-state index in [0.29, 0.717) is 24.6 Å². The molecule has 6 heteroatoms. The van der Waals surface area contributed by atoms with Crippen molar-refractivity contribution in [1.29, 1.82) is 0 Å². The smallest absolute Gasteiger partial charge is 0.237 e. The van der Waals surface area contributed by atoms with Crippen molar-refractivity contribution in [2.24, 2.45) is 0 Å². The zero-order valence-electron chi connectivity index (χ0n) is 11.4. The molecule has 0 aliphatic carbocycles. The molecule has 0 bridgehead atoms.